The van der Waals surface area contributed by atoms with Crippen LogP contribution in [0.2, 0.25) is 0 Å². The van der Waals surface area contributed by atoms with E-state index in [2.05, 4.69) is 0 Å². The summed E-state index contributed by atoms with van der Waals surface area (Å²) in [5, 5.41) is 0. The zero-order chi connectivity index (χ0) is 22.8. The van der Waals surface area contributed by atoms with Crippen molar-refractivity contribution in [3.63, 3.8) is 0 Å². The molecule has 0 spiro atoms. The number of nitrogens with zero attached hydrogens (tertiary/aromatic N) is 2. The molecule has 0 saturated carbocycles. The van der Waals surface area contributed by atoms with Crippen molar-refractivity contribution in [1.82, 2.24) is 4.31 Å². The Morgan fingerprint density at radius 3 is 1.97 bits per heavy atom. The maximum Gasteiger partial charge on any atom is 0.264 e. The first-order chi connectivity index (χ1) is 15.3. The lowest BCUT2D eigenvalue weighted by molar-refractivity contribution is 0.0730. The van der Waals surface area contributed by atoms with E-state index in [1.807, 2.05) is 42.5 Å². The molecule has 1 aliphatic heterocycles. The van der Waals surface area contributed by atoms with Gasteiger partial charge in [-0.1, -0.05) is 48.5 Å². The number of ether oxygens (including phenoxy) is 1. The predicted octanol–water partition coefficient (Wildman–Crippen LogP) is 3.20. The standard InChI is InChI=1S/C23H24N2O5S2/c1-24(23-10-6-5-9-22(23)19-7-3-2-4-8-19)31(26,27)20-11-13-21(14-12-20)32(28,29)25-15-17-30-18-16-25/h2-14H,15-18H2,1H3. The van der Waals surface area contributed by atoms with Crippen LogP contribution in [0.15, 0.2) is 88.7 Å². The molecule has 0 radical (unpaired) electrons. The smallest absolute Gasteiger partial charge is 0.264 e. The van der Waals surface area contributed by atoms with E-state index in [-0.39, 0.29) is 22.9 Å². The summed E-state index contributed by atoms with van der Waals surface area (Å²) < 4.78 is 60.1. The molecule has 0 unspecified atom stereocenters. The Balaban J connectivity index is 1.65. The summed E-state index contributed by atoms with van der Waals surface area (Å²) in [5.74, 6) is 0. The number of morpholine rings is 1. The lowest BCUT2D eigenvalue weighted by Crippen LogP contribution is -2.40. The van der Waals surface area contributed by atoms with Crippen molar-refractivity contribution in [2.75, 3.05) is 37.7 Å². The van der Waals surface area contributed by atoms with Gasteiger partial charge in [0.25, 0.3) is 10.0 Å². The summed E-state index contributed by atoms with van der Waals surface area (Å²) in [7, 11) is -6.10. The number of hydrogen-bond acceptors (Lipinski definition) is 5. The van der Waals surface area contributed by atoms with Crippen molar-refractivity contribution >= 4 is 25.7 Å². The van der Waals surface area contributed by atoms with E-state index in [0.717, 1.165) is 11.1 Å². The Bertz CT molecular complexity index is 1290. The van der Waals surface area contributed by atoms with E-state index in [9.17, 15) is 16.8 Å². The number of hydrogen-bond donors (Lipinski definition) is 0. The van der Waals surface area contributed by atoms with Gasteiger partial charge in [0.05, 0.1) is 28.7 Å². The highest BCUT2D eigenvalue weighted by atomic mass is 32.2. The second-order valence-corrected chi connectivity index (χ2v) is 11.3. The van der Waals surface area contributed by atoms with E-state index in [4.69, 9.17) is 4.74 Å². The molecule has 1 heterocycles. The monoisotopic (exact) mass is 472 g/mol. The van der Waals surface area contributed by atoms with Gasteiger partial charge in [0, 0.05) is 25.7 Å². The Kier molecular flexibility index (Phi) is 6.34. The zero-order valence-electron chi connectivity index (χ0n) is 17.6. The van der Waals surface area contributed by atoms with Crippen molar-refractivity contribution < 1.29 is 21.6 Å². The third-order valence-electron chi connectivity index (χ3n) is 5.42. The minimum atomic E-state index is -3.90. The summed E-state index contributed by atoms with van der Waals surface area (Å²) in [4.78, 5) is 0.0782. The second kappa shape index (κ2) is 9.03. The van der Waals surface area contributed by atoms with Crippen LogP contribution in [-0.2, 0) is 24.8 Å². The van der Waals surface area contributed by atoms with E-state index < -0.39 is 20.0 Å². The molecule has 1 aliphatic rings. The quantitative estimate of drug-likeness (QED) is 0.550. The van der Waals surface area contributed by atoms with Crippen LogP contribution in [-0.4, -0.2) is 54.5 Å². The highest BCUT2D eigenvalue weighted by Gasteiger charge is 2.28. The van der Waals surface area contributed by atoms with Crippen LogP contribution in [0.3, 0.4) is 0 Å². The maximum absolute atomic E-state index is 13.3. The van der Waals surface area contributed by atoms with E-state index in [1.165, 1.54) is 39.9 Å². The Labute approximate surface area is 189 Å². The molecule has 168 valence electrons. The largest absolute Gasteiger partial charge is 0.379 e. The maximum atomic E-state index is 13.3. The molecule has 3 aromatic rings. The van der Waals surface area contributed by atoms with Crippen molar-refractivity contribution in [2.45, 2.75) is 9.79 Å². The fourth-order valence-corrected chi connectivity index (χ4v) is 6.24. The van der Waals surface area contributed by atoms with Gasteiger partial charge in [0.1, 0.15) is 0 Å². The van der Waals surface area contributed by atoms with Gasteiger partial charge in [-0.15, -0.1) is 0 Å². The lowest BCUT2D eigenvalue weighted by Gasteiger charge is -2.26. The van der Waals surface area contributed by atoms with Crippen molar-refractivity contribution in [3.05, 3.63) is 78.9 Å². The average molecular weight is 473 g/mol. The van der Waals surface area contributed by atoms with Crippen LogP contribution in [0.25, 0.3) is 11.1 Å². The molecular formula is C23H24N2O5S2. The van der Waals surface area contributed by atoms with Gasteiger partial charge in [0.2, 0.25) is 10.0 Å². The van der Waals surface area contributed by atoms with Crippen molar-refractivity contribution in [3.8, 4) is 11.1 Å². The number of para-hydroxylation sites is 1. The molecule has 0 amide bonds. The zero-order valence-corrected chi connectivity index (χ0v) is 19.2. The van der Waals surface area contributed by atoms with Crippen LogP contribution in [0, 0.1) is 0 Å². The summed E-state index contributed by atoms with van der Waals surface area (Å²) >= 11 is 0. The van der Waals surface area contributed by atoms with Gasteiger partial charge in [-0.05, 0) is 35.9 Å². The van der Waals surface area contributed by atoms with E-state index >= 15 is 0 Å². The van der Waals surface area contributed by atoms with Crippen LogP contribution in [0.4, 0.5) is 5.69 Å². The van der Waals surface area contributed by atoms with Gasteiger partial charge < -0.3 is 4.74 Å². The van der Waals surface area contributed by atoms with Crippen LogP contribution in [0.5, 0.6) is 0 Å². The SMILES string of the molecule is CN(c1ccccc1-c1ccccc1)S(=O)(=O)c1ccc(S(=O)(=O)N2CCOCC2)cc1. The Morgan fingerprint density at radius 1 is 0.750 bits per heavy atom. The molecule has 1 fully saturated rings. The fraction of sp³-hybridized carbons (Fsp3) is 0.217. The van der Waals surface area contributed by atoms with Gasteiger partial charge in [0.15, 0.2) is 0 Å². The van der Waals surface area contributed by atoms with Gasteiger partial charge in [-0.3, -0.25) is 4.31 Å². The lowest BCUT2D eigenvalue weighted by atomic mass is 10.0. The van der Waals surface area contributed by atoms with Gasteiger partial charge in [-0.25, -0.2) is 16.8 Å². The molecule has 0 aliphatic carbocycles. The van der Waals surface area contributed by atoms with E-state index in [0.29, 0.717) is 18.9 Å². The highest BCUT2D eigenvalue weighted by molar-refractivity contribution is 7.92. The van der Waals surface area contributed by atoms with Crippen LogP contribution >= 0.6 is 0 Å². The topological polar surface area (TPSA) is 84.0 Å². The molecule has 0 N–H and O–H groups in total. The molecule has 9 heteroatoms. The highest BCUT2D eigenvalue weighted by Crippen LogP contribution is 2.33. The van der Waals surface area contributed by atoms with Crippen molar-refractivity contribution in [1.29, 1.82) is 0 Å². The molecule has 0 atom stereocenters. The summed E-state index contributed by atoms with van der Waals surface area (Å²) in [6.45, 7) is 1.25. The molecule has 32 heavy (non-hydrogen) atoms. The fourth-order valence-electron chi connectivity index (χ4n) is 3.62. The first kappa shape index (κ1) is 22.5. The first-order valence-electron chi connectivity index (χ1n) is 10.1. The van der Waals surface area contributed by atoms with Crippen LogP contribution < -0.4 is 4.31 Å². The summed E-state index contributed by atoms with van der Waals surface area (Å²) in [6.07, 6.45) is 0. The number of benzene rings is 3. The molecule has 0 aromatic heterocycles. The minimum Gasteiger partial charge on any atom is -0.379 e. The van der Waals surface area contributed by atoms with Gasteiger partial charge in [-0.2, -0.15) is 4.31 Å². The minimum absolute atomic E-state index is 0.0174. The third kappa shape index (κ3) is 4.29. The van der Waals surface area contributed by atoms with Gasteiger partial charge >= 0.3 is 0 Å². The van der Waals surface area contributed by atoms with Crippen molar-refractivity contribution in [2.24, 2.45) is 0 Å². The van der Waals surface area contributed by atoms with Crippen LogP contribution in [0.1, 0.15) is 0 Å². The summed E-state index contributed by atoms with van der Waals surface area (Å²) in [6, 6.07) is 22.2. The number of sulfonamides is 2. The molecule has 0 bridgehead atoms. The number of anilines is 1. The molecule has 3 aromatic carbocycles. The molecular weight excluding hydrogens is 448 g/mol. The third-order valence-corrected chi connectivity index (χ3v) is 9.12. The predicted molar refractivity (Wildman–Crippen MR) is 123 cm³/mol. The molecule has 7 nitrogen and oxygen atoms in total. The Morgan fingerprint density at radius 2 is 1.31 bits per heavy atom. The Hall–Kier alpha value is -2.72. The summed E-state index contributed by atoms with van der Waals surface area (Å²) in [5.41, 5.74) is 2.21. The normalized spacial score (nSPS) is 15.4. The van der Waals surface area contributed by atoms with E-state index in [1.54, 1.807) is 12.1 Å². The first-order valence-corrected chi connectivity index (χ1v) is 13.0. The average Bonchev–Trinajstić information content (AvgIpc) is 2.84. The molecule has 4 rings (SSSR count). The molecule has 1 saturated heterocycles. The number of rotatable bonds is 6. The second-order valence-electron chi connectivity index (χ2n) is 7.34.